The Hall–Kier alpha value is 2.22. The van der Waals surface area contributed by atoms with Gasteiger partial charge >= 0.3 is 49.4 Å². The van der Waals surface area contributed by atoms with Crippen LogP contribution in [-0.4, -0.2) is 15.4 Å². The molecule has 0 spiro atoms. The molecule has 0 N–H and O–H groups in total. The SMILES string of the molecule is CCC[Si](C)(C)OC.[I][V][I]. The van der Waals surface area contributed by atoms with Crippen molar-refractivity contribution in [2.45, 2.75) is 32.5 Å². The molecule has 0 saturated heterocycles. The normalized spacial score (nSPS) is 10.0. The minimum absolute atomic E-state index is 0.628. The first kappa shape index (κ1) is 15.7. The standard InChI is InChI=1S/C6H16OSi.2HI.V/c1-5-6-8(3,4)7-2;;;/h5-6H2,1-4H3;2*1H;/q;;;+2/p-2. The summed E-state index contributed by atoms with van der Waals surface area (Å²) in [6, 6.07) is 1.28. The van der Waals surface area contributed by atoms with Crippen molar-refractivity contribution in [2.75, 3.05) is 7.11 Å². The third kappa shape index (κ3) is 15.0. The van der Waals surface area contributed by atoms with E-state index >= 15 is 0 Å². The summed E-state index contributed by atoms with van der Waals surface area (Å²) < 4.78 is 5.32. The van der Waals surface area contributed by atoms with Crippen LogP contribution >= 0.6 is 40.0 Å². The van der Waals surface area contributed by atoms with Gasteiger partial charge in [0.15, 0.2) is 8.32 Å². The first-order chi connectivity index (χ1) is 5.04. The van der Waals surface area contributed by atoms with Crippen LogP contribution in [0.4, 0.5) is 0 Å². The van der Waals surface area contributed by atoms with Crippen molar-refractivity contribution >= 4 is 48.3 Å². The molecule has 1 nitrogen and oxygen atoms in total. The van der Waals surface area contributed by atoms with E-state index in [1.807, 2.05) is 7.11 Å². The van der Waals surface area contributed by atoms with E-state index in [1.54, 1.807) is 0 Å². The number of halogens is 2. The molecule has 0 unspecified atom stereocenters. The van der Waals surface area contributed by atoms with Gasteiger partial charge in [0, 0.05) is 7.11 Å². The summed E-state index contributed by atoms with van der Waals surface area (Å²) in [7, 11) is 1.27. The quantitative estimate of drug-likeness (QED) is 0.479. The molecule has 5 heteroatoms. The molecule has 0 heterocycles. The predicted octanol–water partition coefficient (Wildman–Crippen LogP) is 4.02. The Balaban J connectivity index is 0. The van der Waals surface area contributed by atoms with Crippen molar-refractivity contribution in [2.24, 2.45) is 0 Å². The Morgan fingerprint density at radius 1 is 1.36 bits per heavy atom. The Labute approximate surface area is 100 Å². The van der Waals surface area contributed by atoms with Crippen LogP contribution in [-0.2, 0) is 13.9 Å². The van der Waals surface area contributed by atoms with Crippen LogP contribution in [0.3, 0.4) is 0 Å². The van der Waals surface area contributed by atoms with E-state index in [0.717, 1.165) is 0 Å². The van der Waals surface area contributed by atoms with Gasteiger partial charge in [-0.3, -0.25) is 0 Å². The van der Waals surface area contributed by atoms with Crippen molar-refractivity contribution in [1.82, 2.24) is 0 Å². The van der Waals surface area contributed by atoms with E-state index in [1.165, 1.54) is 12.5 Å². The second kappa shape index (κ2) is 10.3. The van der Waals surface area contributed by atoms with Gasteiger partial charge in [0.1, 0.15) is 0 Å². The van der Waals surface area contributed by atoms with Crippen LogP contribution in [0.1, 0.15) is 13.3 Å². The summed E-state index contributed by atoms with van der Waals surface area (Å²) in [5, 5.41) is 0. The summed E-state index contributed by atoms with van der Waals surface area (Å²) in [6.45, 7) is 6.70. The average Bonchev–Trinajstić information content (AvgIpc) is 1.90. The summed E-state index contributed by atoms with van der Waals surface area (Å²) in [4.78, 5) is 0. The molecule has 0 aliphatic carbocycles. The van der Waals surface area contributed by atoms with E-state index in [4.69, 9.17) is 4.43 Å². The molecule has 0 fully saturated rings. The molecular formula is C6H16I2OSiV. The third-order valence-electron chi connectivity index (χ3n) is 1.40. The maximum absolute atomic E-state index is 5.32. The number of hydrogen-bond donors (Lipinski definition) is 0. The van der Waals surface area contributed by atoms with Gasteiger partial charge < -0.3 is 4.43 Å². The van der Waals surface area contributed by atoms with Gasteiger partial charge in [0.05, 0.1) is 0 Å². The van der Waals surface area contributed by atoms with Crippen molar-refractivity contribution in [1.29, 1.82) is 0 Å². The van der Waals surface area contributed by atoms with E-state index in [0.29, 0.717) is 9.47 Å². The monoisotopic (exact) mass is 437 g/mol. The van der Waals surface area contributed by atoms with Gasteiger partial charge in [-0.15, -0.1) is 0 Å². The molecule has 69 valence electrons. The fourth-order valence-electron chi connectivity index (χ4n) is 0.704. The Morgan fingerprint density at radius 3 is 1.82 bits per heavy atom. The van der Waals surface area contributed by atoms with Gasteiger partial charge in [-0.1, -0.05) is 13.3 Å². The van der Waals surface area contributed by atoms with Crippen LogP contribution < -0.4 is 0 Å². The zero-order chi connectivity index (χ0) is 9.33. The minimum atomic E-state index is -1.18. The maximum atomic E-state index is 5.32. The van der Waals surface area contributed by atoms with Crippen LogP contribution in [0.15, 0.2) is 0 Å². The Bertz CT molecular complexity index is 83.0. The fraction of sp³-hybridized carbons (Fsp3) is 1.00. The summed E-state index contributed by atoms with van der Waals surface area (Å²) in [6.07, 6.45) is 1.26. The summed E-state index contributed by atoms with van der Waals surface area (Å²) in [5.41, 5.74) is 0. The van der Waals surface area contributed by atoms with Gasteiger partial charge in [0.2, 0.25) is 0 Å². The van der Waals surface area contributed by atoms with E-state index in [-0.39, 0.29) is 0 Å². The molecule has 0 radical (unpaired) electrons. The van der Waals surface area contributed by atoms with E-state index < -0.39 is 8.32 Å². The van der Waals surface area contributed by atoms with Crippen LogP contribution in [0.5, 0.6) is 0 Å². The molecule has 0 aliphatic rings. The third-order valence-corrected chi connectivity index (χ3v) is 4.21. The zero-order valence-electron chi connectivity index (χ0n) is 7.53. The predicted molar refractivity (Wildman–Crippen MR) is 67.6 cm³/mol. The molecule has 0 bridgehead atoms. The molecule has 0 rings (SSSR count). The number of rotatable bonds is 3. The molecule has 0 aromatic heterocycles. The van der Waals surface area contributed by atoms with Crippen molar-refractivity contribution < 1.29 is 13.9 Å². The average molecular weight is 437 g/mol. The summed E-state index contributed by atoms with van der Waals surface area (Å²) in [5.74, 6) is 0. The molecular weight excluding hydrogens is 421 g/mol. The Morgan fingerprint density at radius 2 is 1.73 bits per heavy atom. The van der Waals surface area contributed by atoms with Crippen LogP contribution in [0.25, 0.3) is 0 Å². The van der Waals surface area contributed by atoms with Crippen molar-refractivity contribution in [3.05, 3.63) is 0 Å². The fourth-order valence-corrected chi connectivity index (χ4v) is 2.11. The first-order valence-electron chi connectivity index (χ1n) is 3.51. The number of hydrogen-bond acceptors (Lipinski definition) is 1. The van der Waals surface area contributed by atoms with Gasteiger partial charge in [-0.25, -0.2) is 0 Å². The van der Waals surface area contributed by atoms with Crippen molar-refractivity contribution in [3.63, 3.8) is 0 Å². The second-order valence-electron chi connectivity index (χ2n) is 2.78. The first-order valence-corrected chi connectivity index (χ1v) is 15.6. The summed E-state index contributed by atoms with van der Waals surface area (Å²) >= 11 is 4.74. The van der Waals surface area contributed by atoms with Gasteiger partial charge in [0.25, 0.3) is 0 Å². The molecule has 0 atom stereocenters. The Kier molecular flexibility index (Phi) is 14.7. The van der Waals surface area contributed by atoms with E-state index in [2.05, 4.69) is 60.0 Å². The molecule has 0 aromatic rings. The molecule has 0 saturated carbocycles. The molecule has 0 amide bonds. The molecule has 0 aliphatic heterocycles. The van der Waals surface area contributed by atoms with Gasteiger partial charge in [-0.2, -0.15) is 0 Å². The topological polar surface area (TPSA) is 9.23 Å². The van der Waals surface area contributed by atoms with Gasteiger partial charge in [-0.05, 0) is 19.1 Å². The second-order valence-corrected chi connectivity index (χ2v) is 19.0. The van der Waals surface area contributed by atoms with Crippen molar-refractivity contribution in [3.8, 4) is 0 Å². The molecule has 11 heavy (non-hydrogen) atoms. The molecule has 0 aromatic carbocycles. The van der Waals surface area contributed by atoms with Crippen LogP contribution in [0.2, 0.25) is 19.1 Å². The van der Waals surface area contributed by atoms with E-state index in [9.17, 15) is 0 Å². The zero-order valence-corrected chi connectivity index (χ0v) is 14.2. The van der Waals surface area contributed by atoms with Crippen LogP contribution in [0, 0.1) is 0 Å².